The molecular formula is C15H22N2O2. The van der Waals surface area contributed by atoms with E-state index >= 15 is 0 Å². The zero-order valence-corrected chi connectivity index (χ0v) is 11.7. The maximum Gasteiger partial charge on any atom is 0.228 e. The Bertz CT molecular complexity index is 434. The van der Waals surface area contributed by atoms with Gasteiger partial charge in [0.1, 0.15) is 5.75 Å². The number of para-hydroxylation sites is 2. The first kappa shape index (κ1) is 13.9. The number of benzene rings is 1. The smallest absolute Gasteiger partial charge is 0.228 e. The van der Waals surface area contributed by atoms with Crippen LogP contribution in [0.3, 0.4) is 0 Å². The molecule has 1 aliphatic heterocycles. The lowest BCUT2D eigenvalue weighted by Gasteiger charge is -2.23. The van der Waals surface area contributed by atoms with Crippen molar-refractivity contribution in [3.05, 3.63) is 24.3 Å². The number of ether oxygens (including phenoxy) is 1. The molecule has 0 aromatic heterocycles. The molecular weight excluding hydrogens is 240 g/mol. The number of nitrogens with one attached hydrogen (secondary N) is 1. The Morgan fingerprint density at radius 1 is 1.47 bits per heavy atom. The molecule has 0 radical (unpaired) electrons. The minimum absolute atomic E-state index is 0.159. The molecule has 104 valence electrons. The van der Waals surface area contributed by atoms with Gasteiger partial charge in [-0.05, 0) is 32.0 Å². The van der Waals surface area contributed by atoms with E-state index in [1.54, 1.807) is 0 Å². The standard InChI is InChI=1S/C15H22N2O2/c1-3-16-12(2)11-15(18)17-9-6-10-19-14-8-5-4-7-13(14)17/h4-5,7-8,12,16H,3,6,9-11H2,1-2H3. The van der Waals surface area contributed by atoms with Gasteiger partial charge in [-0.25, -0.2) is 0 Å². The van der Waals surface area contributed by atoms with E-state index in [2.05, 4.69) is 12.2 Å². The second-order valence-electron chi connectivity index (χ2n) is 4.88. The van der Waals surface area contributed by atoms with Gasteiger partial charge in [0.25, 0.3) is 0 Å². The number of fused-ring (bicyclic) bond motifs is 1. The third-order valence-corrected chi connectivity index (χ3v) is 3.27. The molecule has 1 aromatic carbocycles. The molecule has 1 atom stereocenters. The quantitative estimate of drug-likeness (QED) is 0.904. The topological polar surface area (TPSA) is 41.6 Å². The molecule has 1 aliphatic rings. The summed E-state index contributed by atoms with van der Waals surface area (Å²) in [6.45, 7) is 6.38. The average molecular weight is 262 g/mol. The summed E-state index contributed by atoms with van der Waals surface area (Å²) < 4.78 is 5.67. The molecule has 2 rings (SSSR count). The fourth-order valence-corrected chi connectivity index (χ4v) is 2.38. The predicted molar refractivity (Wildman–Crippen MR) is 76.7 cm³/mol. The highest BCUT2D eigenvalue weighted by molar-refractivity contribution is 5.95. The number of carbonyl (C=O) groups excluding carboxylic acids is 1. The Hall–Kier alpha value is -1.55. The Labute approximate surface area is 114 Å². The summed E-state index contributed by atoms with van der Waals surface area (Å²) in [5.74, 6) is 0.968. The lowest BCUT2D eigenvalue weighted by Crippen LogP contribution is -2.37. The summed E-state index contributed by atoms with van der Waals surface area (Å²) in [4.78, 5) is 14.3. The second-order valence-corrected chi connectivity index (χ2v) is 4.88. The normalized spacial score (nSPS) is 16.2. The van der Waals surface area contributed by atoms with E-state index in [0.717, 1.165) is 30.9 Å². The van der Waals surface area contributed by atoms with E-state index in [1.807, 2.05) is 36.1 Å². The number of carbonyl (C=O) groups is 1. The monoisotopic (exact) mass is 262 g/mol. The lowest BCUT2D eigenvalue weighted by molar-refractivity contribution is -0.119. The summed E-state index contributed by atoms with van der Waals surface area (Å²) in [5, 5.41) is 3.28. The van der Waals surface area contributed by atoms with E-state index in [9.17, 15) is 4.79 Å². The maximum atomic E-state index is 12.4. The van der Waals surface area contributed by atoms with Crippen LogP contribution < -0.4 is 15.0 Å². The van der Waals surface area contributed by atoms with Crippen LogP contribution in [0, 0.1) is 0 Å². The highest BCUT2D eigenvalue weighted by atomic mass is 16.5. The van der Waals surface area contributed by atoms with Gasteiger partial charge in [0.15, 0.2) is 0 Å². The molecule has 1 unspecified atom stereocenters. The summed E-state index contributed by atoms with van der Waals surface area (Å²) in [6, 6.07) is 7.97. The summed E-state index contributed by atoms with van der Waals surface area (Å²) in [6.07, 6.45) is 1.39. The molecule has 1 N–H and O–H groups in total. The van der Waals surface area contributed by atoms with Gasteiger partial charge >= 0.3 is 0 Å². The Kier molecular flexibility index (Phi) is 4.80. The van der Waals surface area contributed by atoms with Crippen molar-refractivity contribution in [3.8, 4) is 5.75 Å². The van der Waals surface area contributed by atoms with Crippen LogP contribution in [0.25, 0.3) is 0 Å². The van der Waals surface area contributed by atoms with Crippen molar-refractivity contribution in [1.82, 2.24) is 5.32 Å². The van der Waals surface area contributed by atoms with E-state index in [1.165, 1.54) is 0 Å². The molecule has 1 amide bonds. The van der Waals surface area contributed by atoms with Crippen molar-refractivity contribution >= 4 is 11.6 Å². The van der Waals surface area contributed by atoms with Crippen LogP contribution >= 0.6 is 0 Å². The van der Waals surface area contributed by atoms with Crippen LogP contribution in [0.2, 0.25) is 0 Å². The zero-order valence-electron chi connectivity index (χ0n) is 11.7. The molecule has 0 bridgehead atoms. The molecule has 4 nitrogen and oxygen atoms in total. The minimum atomic E-state index is 0.159. The van der Waals surface area contributed by atoms with E-state index in [4.69, 9.17) is 4.74 Å². The first-order valence-corrected chi connectivity index (χ1v) is 6.98. The highest BCUT2D eigenvalue weighted by Gasteiger charge is 2.22. The van der Waals surface area contributed by atoms with Crippen LogP contribution in [0.5, 0.6) is 5.75 Å². The van der Waals surface area contributed by atoms with Gasteiger partial charge in [-0.15, -0.1) is 0 Å². The Morgan fingerprint density at radius 2 is 2.26 bits per heavy atom. The van der Waals surface area contributed by atoms with Gasteiger partial charge in [0, 0.05) is 19.0 Å². The van der Waals surface area contributed by atoms with Gasteiger partial charge in [-0.3, -0.25) is 4.79 Å². The fourth-order valence-electron chi connectivity index (χ4n) is 2.38. The minimum Gasteiger partial charge on any atom is -0.491 e. The molecule has 0 aliphatic carbocycles. The predicted octanol–water partition coefficient (Wildman–Crippen LogP) is 2.19. The van der Waals surface area contributed by atoms with E-state index in [0.29, 0.717) is 13.0 Å². The number of anilines is 1. The molecule has 1 heterocycles. The first-order valence-electron chi connectivity index (χ1n) is 6.98. The molecule has 19 heavy (non-hydrogen) atoms. The SMILES string of the molecule is CCNC(C)CC(=O)N1CCCOc2ccccc21. The highest BCUT2D eigenvalue weighted by Crippen LogP contribution is 2.30. The molecule has 0 saturated heterocycles. The largest absolute Gasteiger partial charge is 0.491 e. The number of hydrogen-bond acceptors (Lipinski definition) is 3. The molecule has 1 aromatic rings. The molecule has 0 saturated carbocycles. The number of amides is 1. The second kappa shape index (κ2) is 6.57. The lowest BCUT2D eigenvalue weighted by atomic mass is 10.2. The third-order valence-electron chi connectivity index (χ3n) is 3.27. The first-order chi connectivity index (χ1) is 9.22. The molecule has 0 fully saturated rings. The zero-order chi connectivity index (χ0) is 13.7. The van der Waals surface area contributed by atoms with Crippen molar-refractivity contribution in [2.24, 2.45) is 0 Å². The van der Waals surface area contributed by atoms with Gasteiger partial charge in [0.2, 0.25) is 5.91 Å². The van der Waals surface area contributed by atoms with Crippen LogP contribution in [0.1, 0.15) is 26.7 Å². The Morgan fingerprint density at radius 3 is 3.05 bits per heavy atom. The van der Waals surface area contributed by atoms with Gasteiger partial charge in [0.05, 0.1) is 12.3 Å². The number of hydrogen-bond donors (Lipinski definition) is 1. The summed E-state index contributed by atoms with van der Waals surface area (Å²) in [5.41, 5.74) is 0.897. The summed E-state index contributed by atoms with van der Waals surface area (Å²) >= 11 is 0. The average Bonchev–Trinajstić information content (AvgIpc) is 2.61. The van der Waals surface area contributed by atoms with Crippen molar-refractivity contribution < 1.29 is 9.53 Å². The van der Waals surface area contributed by atoms with Crippen molar-refractivity contribution in [2.75, 3.05) is 24.6 Å². The van der Waals surface area contributed by atoms with Gasteiger partial charge < -0.3 is 15.0 Å². The molecule has 4 heteroatoms. The fraction of sp³-hybridized carbons (Fsp3) is 0.533. The number of nitrogens with zero attached hydrogens (tertiary/aromatic N) is 1. The maximum absolute atomic E-state index is 12.4. The van der Waals surface area contributed by atoms with Crippen molar-refractivity contribution in [1.29, 1.82) is 0 Å². The van der Waals surface area contributed by atoms with Crippen molar-refractivity contribution in [2.45, 2.75) is 32.7 Å². The summed E-state index contributed by atoms with van der Waals surface area (Å²) in [7, 11) is 0. The number of rotatable bonds is 4. The van der Waals surface area contributed by atoms with E-state index in [-0.39, 0.29) is 11.9 Å². The Balaban J connectivity index is 2.13. The van der Waals surface area contributed by atoms with Crippen LogP contribution in [0.15, 0.2) is 24.3 Å². The van der Waals surface area contributed by atoms with Gasteiger partial charge in [-0.1, -0.05) is 19.1 Å². The van der Waals surface area contributed by atoms with Crippen LogP contribution in [0.4, 0.5) is 5.69 Å². The van der Waals surface area contributed by atoms with Crippen LogP contribution in [-0.4, -0.2) is 31.6 Å². The van der Waals surface area contributed by atoms with Crippen molar-refractivity contribution in [3.63, 3.8) is 0 Å². The third kappa shape index (κ3) is 3.47. The molecule has 0 spiro atoms. The van der Waals surface area contributed by atoms with Crippen LogP contribution in [-0.2, 0) is 4.79 Å². The van der Waals surface area contributed by atoms with Gasteiger partial charge in [-0.2, -0.15) is 0 Å². The van der Waals surface area contributed by atoms with E-state index < -0.39 is 0 Å².